The van der Waals surface area contributed by atoms with Gasteiger partial charge in [-0.25, -0.2) is 0 Å². The zero-order valence-corrected chi connectivity index (χ0v) is 16.9. The van der Waals surface area contributed by atoms with Crippen molar-refractivity contribution in [2.75, 3.05) is 27.2 Å². The number of hydrogen-bond acceptors (Lipinski definition) is 4. The number of benzene rings is 2. The highest BCUT2D eigenvalue weighted by Gasteiger charge is 2.20. The summed E-state index contributed by atoms with van der Waals surface area (Å²) in [6, 6.07) is 18.0. The van der Waals surface area contributed by atoms with Crippen LogP contribution in [0.4, 0.5) is 0 Å². The lowest BCUT2D eigenvalue weighted by Crippen LogP contribution is -2.41. The standard InChI is InChI=1S/C24H30N4/c1-27(2)21-8-11-28(12-9-21)17-19-13-18(16-25)14-20(15-19)22-5-3-7-24-23(22)6-4-10-26-24/h3-7,10,13-15,21H,8-9,11-12,16-17,25H2,1-2H3. The molecule has 2 N–H and O–H groups in total. The van der Waals surface area contributed by atoms with Crippen molar-refractivity contribution < 1.29 is 0 Å². The number of nitrogens with zero attached hydrogens (tertiary/aromatic N) is 3. The molecule has 2 heterocycles. The van der Waals surface area contributed by atoms with Gasteiger partial charge in [0.25, 0.3) is 0 Å². The van der Waals surface area contributed by atoms with E-state index >= 15 is 0 Å². The molecule has 4 heteroatoms. The molecule has 0 bridgehead atoms. The van der Waals surface area contributed by atoms with E-state index < -0.39 is 0 Å². The van der Waals surface area contributed by atoms with Crippen LogP contribution >= 0.6 is 0 Å². The Hall–Kier alpha value is -2.27. The van der Waals surface area contributed by atoms with Crippen molar-refractivity contribution in [1.29, 1.82) is 0 Å². The molecule has 4 rings (SSSR count). The molecule has 0 radical (unpaired) electrons. The minimum absolute atomic E-state index is 0.562. The first-order valence-corrected chi connectivity index (χ1v) is 10.2. The molecule has 146 valence electrons. The predicted octanol–water partition coefficient (Wildman–Crippen LogP) is 3.89. The zero-order valence-electron chi connectivity index (χ0n) is 16.9. The van der Waals surface area contributed by atoms with Crippen LogP contribution in [0.1, 0.15) is 24.0 Å². The Labute approximate surface area is 168 Å². The van der Waals surface area contributed by atoms with Crippen molar-refractivity contribution in [1.82, 2.24) is 14.8 Å². The van der Waals surface area contributed by atoms with Crippen LogP contribution in [0.3, 0.4) is 0 Å². The lowest BCUT2D eigenvalue weighted by Gasteiger charge is -2.35. The van der Waals surface area contributed by atoms with Gasteiger partial charge in [-0.2, -0.15) is 0 Å². The summed E-state index contributed by atoms with van der Waals surface area (Å²) in [5, 5.41) is 1.19. The third kappa shape index (κ3) is 4.09. The van der Waals surface area contributed by atoms with Crippen molar-refractivity contribution in [2.24, 2.45) is 5.73 Å². The monoisotopic (exact) mass is 374 g/mol. The van der Waals surface area contributed by atoms with E-state index in [2.05, 4.69) is 71.3 Å². The maximum absolute atomic E-state index is 6.03. The number of nitrogens with two attached hydrogens (primary N) is 1. The Morgan fingerprint density at radius 1 is 1.04 bits per heavy atom. The fourth-order valence-electron chi connectivity index (χ4n) is 4.33. The van der Waals surface area contributed by atoms with Gasteiger partial charge >= 0.3 is 0 Å². The van der Waals surface area contributed by atoms with Gasteiger partial charge in [0, 0.05) is 30.7 Å². The first-order valence-electron chi connectivity index (χ1n) is 10.2. The van der Waals surface area contributed by atoms with Gasteiger partial charge in [0.15, 0.2) is 0 Å². The Kier molecular flexibility index (Phi) is 5.72. The van der Waals surface area contributed by atoms with Crippen molar-refractivity contribution in [3.63, 3.8) is 0 Å². The van der Waals surface area contributed by atoms with Gasteiger partial charge in [0.05, 0.1) is 5.52 Å². The van der Waals surface area contributed by atoms with Gasteiger partial charge in [0.1, 0.15) is 0 Å². The minimum atomic E-state index is 0.562. The molecule has 1 aromatic heterocycles. The molecule has 3 aromatic rings. The van der Waals surface area contributed by atoms with Crippen LogP contribution < -0.4 is 5.73 Å². The second-order valence-corrected chi connectivity index (χ2v) is 8.09. The third-order valence-corrected chi connectivity index (χ3v) is 5.94. The molecule has 0 amide bonds. The SMILES string of the molecule is CN(C)C1CCN(Cc2cc(CN)cc(-c3cccc4ncccc34)c2)CC1. The highest BCUT2D eigenvalue weighted by atomic mass is 15.2. The highest BCUT2D eigenvalue weighted by molar-refractivity contribution is 5.94. The summed E-state index contributed by atoms with van der Waals surface area (Å²) in [6.07, 6.45) is 4.34. The van der Waals surface area contributed by atoms with Gasteiger partial charge in [-0.15, -0.1) is 0 Å². The quantitative estimate of drug-likeness (QED) is 0.736. The lowest BCUT2D eigenvalue weighted by atomic mass is 9.96. The first kappa shape index (κ1) is 19.1. The number of rotatable bonds is 5. The van der Waals surface area contributed by atoms with Gasteiger partial charge in [-0.3, -0.25) is 9.88 Å². The summed E-state index contributed by atoms with van der Waals surface area (Å²) < 4.78 is 0. The number of hydrogen-bond donors (Lipinski definition) is 1. The summed E-state index contributed by atoms with van der Waals surface area (Å²) in [4.78, 5) is 9.44. The molecule has 1 aliphatic rings. The zero-order chi connectivity index (χ0) is 19.5. The van der Waals surface area contributed by atoms with E-state index in [4.69, 9.17) is 5.73 Å². The van der Waals surface area contributed by atoms with Crippen LogP contribution in [0.25, 0.3) is 22.0 Å². The van der Waals surface area contributed by atoms with E-state index in [0.29, 0.717) is 12.6 Å². The molecule has 0 atom stereocenters. The fraction of sp³-hybridized carbons (Fsp3) is 0.375. The van der Waals surface area contributed by atoms with Crippen LogP contribution in [0, 0.1) is 0 Å². The predicted molar refractivity (Wildman–Crippen MR) is 117 cm³/mol. The Morgan fingerprint density at radius 2 is 1.82 bits per heavy atom. The average molecular weight is 375 g/mol. The van der Waals surface area contributed by atoms with Crippen LogP contribution in [-0.2, 0) is 13.1 Å². The van der Waals surface area contributed by atoms with Gasteiger partial charge in [-0.05, 0) is 86.5 Å². The molecular weight excluding hydrogens is 344 g/mol. The average Bonchev–Trinajstić information content (AvgIpc) is 2.73. The van der Waals surface area contributed by atoms with E-state index in [1.807, 2.05) is 12.3 Å². The Bertz CT molecular complexity index is 937. The van der Waals surface area contributed by atoms with Gasteiger partial charge < -0.3 is 10.6 Å². The molecule has 0 unspecified atom stereocenters. The molecule has 2 aromatic carbocycles. The molecule has 0 saturated carbocycles. The lowest BCUT2D eigenvalue weighted by molar-refractivity contribution is 0.140. The van der Waals surface area contributed by atoms with Crippen molar-refractivity contribution >= 4 is 10.9 Å². The summed E-state index contributed by atoms with van der Waals surface area (Å²) in [5.74, 6) is 0. The number of aromatic nitrogens is 1. The van der Waals surface area contributed by atoms with Crippen LogP contribution in [0.5, 0.6) is 0 Å². The topological polar surface area (TPSA) is 45.4 Å². The van der Waals surface area contributed by atoms with Gasteiger partial charge in [0.2, 0.25) is 0 Å². The van der Waals surface area contributed by atoms with Crippen molar-refractivity contribution in [3.8, 4) is 11.1 Å². The van der Waals surface area contributed by atoms with Gasteiger partial charge in [-0.1, -0.05) is 24.3 Å². The second-order valence-electron chi connectivity index (χ2n) is 8.09. The number of fused-ring (bicyclic) bond motifs is 1. The van der Waals surface area contributed by atoms with E-state index in [9.17, 15) is 0 Å². The third-order valence-electron chi connectivity index (χ3n) is 5.94. The van der Waals surface area contributed by atoms with Crippen LogP contribution in [-0.4, -0.2) is 48.0 Å². The number of pyridine rings is 1. The molecule has 1 saturated heterocycles. The summed E-state index contributed by atoms with van der Waals surface area (Å²) >= 11 is 0. The summed E-state index contributed by atoms with van der Waals surface area (Å²) in [7, 11) is 4.38. The maximum Gasteiger partial charge on any atom is 0.0708 e. The minimum Gasteiger partial charge on any atom is -0.326 e. The summed E-state index contributed by atoms with van der Waals surface area (Å²) in [5.41, 5.74) is 12.1. The largest absolute Gasteiger partial charge is 0.326 e. The fourth-order valence-corrected chi connectivity index (χ4v) is 4.33. The highest BCUT2D eigenvalue weighted by Crippen LogP contribution is 2.30. The Morgan fingerprint density at radius 3 is 2.57 bits per heavy atom. The Balaban J connectivity index is 1.62. The van der Waals surface area contributed by atoms with Crippen LogP contribution in [0.2, 0.25) is 0 Å². The van der Waals surface area contributed by atoms with E-state index in [1.54, 1.807) is 0 Å². The maximum atomic E-state index is 6.03. The molecule has 1 aliphatic heterocycles. The molecule has 0 aliphatic carbocycles. The number of likely N-dealkylation sites (tertiary alicyclic amines) is 1. The summed E-state index contributed by atoms with van der Waals surface area (Å²) in [6.45, 7) is 3.86. The molecular formula is C24H30N4. The smallest absolute Gasteiger partial charge is 0.0708 e. The molecule has 4 nitrogen and oxygen atoms in total. The van der Waals surface area contributed by atoms with Crippen molar-refractivity contribution in [3.05, 3.63) is 65.9 Å². The second kappa shape index (κ2) is 8.39. The molecule has 28 heavy (non-hydrogen) atoms. The van der Waals surface area contributed by atoms with Crippen LogP contribution in [0.15, 0.2) is 54.7 Å². The molecule has 1 fully saturated rings. The van der Waals surface area contributed by atoms with E-state index in [0.717, 1.165) is 25.2 Å². The molecule has 0 spiro atoms. The van der Waals surface area contributed by atoms with E-state index in [-0.39, 0.29) is 0 Å². The van der Waals surface area contributed by atoms with E-state index in [1.165, 1.54) is 40.5 Å². The van der Waals surface area contributed by atoms with Crippen molar-refractivity contribution in [2.45, 2.75) is 32.0 Å². The normalized spacial score (nSPS) is 16.1. The number of piperidine rings is 1. The first-order chi connectivity index (χ1) is 13.6.